The maximum absolute atomic E-state index is 13.1. The quantitative estimate of drug-likeness (QED) is 0.567. The highest BCUT2D eigenvalue weighted by Crippen LogP contribution is 2.20. The van der Waals surface area contributed by atoms with Gasteiger partial charge in [0.2, 0.25) is 15.8 Å². The van der Waals surface area contributed by atoms with E-state index in [2.05, 4.69) is 10.0 Å². The van der Waals surface area contributed by atoms with Gasteiger partial charge in [-0.1, -0.05) is 38.5 Å². The molecule has 1 aliphatic rings. The summed E-state index contributed by atoms with van der Waals surface area (Å²) in [5.74, 6) is -2.43. The Hall–Kier alpha value is -2.10. The van der Waals surface area contributed by atoms with Gasteiger partial charge in [0.15, 0.2) is 5.78 Å². The minimum atomic E-state index is -3.90. The third-order valence-electron chi connectivity index (χ3n) is 5.33. The highest BCUT2D eigenvalue weighted by Gasteiger charge is 2.32. The normalized spacial score (nSPS) is 20.2. The molecule has 0 saturated carbocycles. The summed E-state index contributed by atoms with van der Waals surface area (Å²) in [7, 11) is -3.90. The predicted molar refractivity (Wildman–Crippen MR) is 120 cm³/mol. The number of benzene rings is 1. The fourth-order valence-corrected chi connectivity index (χ4v) is 4.88. The minimum absolute atomic E-state index is 0.0508. The predicted octanol–water partition coefficient (Wildman–Crippen LogP) is 2.23. The number of hydrogen-bond donors (Lipinski definition) is 2. The van der Waals surface area contributed by atoms with E-state index in [0.29, 0.717) is 45.4 Å². The highest BCUT2D eigenvalue weighted by atomic mass is 32.2. The van der Waals surface area contributed by atoms with Crippen LogP contribution in [0.5, 0.6) is 0 Å². The Labute approximate surface area is 190 Å². The molecule has 1 amide bonds. The maximum atomic E-state index is 13.1. The van der Waals surface area contributed by atoms with Crippen LogP contribution in [0.3, 0.4) is 0 Å². The molecule has 1 heterocycles. The van der Waals surface area contributed by atoms with Crippen molar-refractivity contribution in [3.05, 3.63) is 30.3 Å². The van der Waals surface area contributed by atoms with E-state index in [1.54, 1.807) is 18.2 Å². The molecule has 2 rings (SSSR count). The third-order valence-corrected chi connectivity index (χ3v) is 6.82. The van der Waals surface area contributed by atoms with Gasteiger partial charge in [-0.2, -0.15) is 0 Å². The Balaban J connectivity index is 2.16. The van der Waals surface area contributed by atoms with Crippen molar-refractivity contribution in [2.75, 3.05) is 19.8 Å². The first-order valence-corrected chi connectivity index (χ1v) is 12.7. The number of amides is 1. The van der Waals surface area contributed by atoms with Crippen LogP contribution in [0, 0.1) is 11.8 Å². The number of ketones is 2. The van der Waals surface area contributed by atoms with Gasteiger partial charge in [-0.3, -0.25) is 14.4 Å². The van der Waals surface area contributed by atoms with E-state index in [0.717, 1.165) is 6.42 Å². The first kappa shape index (κ1) is 26.2. The third kappa shape index (κ3) is 8.44. The summed E-state index contributed by atoms with van der Waals surface area (Å²) < 4.78 is 33.6. The van der Waals surface area contributed by atoms with E-state index in [4.69, 9.17) is 4.74 Å². The largest absolute Gasteiger partial charge is 0.381 e. The molecular weight excluding hydrogens is 432 g/mol. The van der Waals surface area contributed by atoms with E-state index < -0.39 is 33.7 Å². The number of nitrogens with one attached hydrogen (secondary N) is 2. The van der Waals surface area contributed by atoms with E-state index in [1.165, 1.54) is 12.1 Å². The molecule has 32 heavy (non-hydrogen) atoms. The van der Waals surface area contributed by atoms with Crippen molar-refractivity contribution < 1.29 is 27.5 Å². The van der Waals surface area contributed by atoms with Crippen molar-refractivity contribution in [1.82, 2.24) is 10.0 Å². The molecule has 0 aliphatic carbocycles. The molecule has 178 valence electrons. The van der Waals surface area contributed by atoms with Gasteiger partial charge in [-0.05, 0) is 43.7 Å². The van der Waals surface area contributed by atoms with Crippen molar-refractivity contribution in [2.24, 2.45) is 11.8 Å². The van der Waals surface area contributed by atoms with E-state index >= 15 is 0 Å². The van der Waals surface area contributed by atoms with Crippen LogP contribution in [0.2, 0.25) is 0 Å². The van der Waals surface area contributed by atoms with E-state index in [1.807, 2.05) is 13.8 Å². The molecule has 0 spiro atoms. The van der Waals surface area contributed by atoms with Crippen molar-refractivity contribution in [3.63, 3.8) is 0 Å². The molecule has 8 nitrogen and oxygen atoms in total. The van der Waals surface area contributed by atoms with Gasteiger partial charge in [0, 0.05) is 32.1 Å². The number of sulfonamides is 1. The fourth-order valence-electron chi connectivity index (χ4n) is 3.63. The SMILES string of the molecule is CC(C)CC(NS(=O)(=O)c1ccccc1)C(=O)CC1CCCCOCCCNC(=O)C1=O. The van der Waals surface area contributed by atoms with Gasteiger partial charge in [0.1, 0.15) is 0 Å². The van der Waals surface area contributed by atoms with Crippen molar-refractivity contribution in [3.8, 4) is 0 Å². The lowest BCUT2D eigenvalue weighted by Crippen LogP contribution is -2.44. The second-order valence-corrected chi connectivity index (χ2v) is 10.3. The Morgan fingerprint density at radius 2 is 1.81 bits per heavy atom. The lowest BCUT2D eigenvalue weighted by molar-refractivity contribution is -0.141. The van der Waals surface area contributed by atoms with Gasteiger partial charge in [0.25, 0.3) is 5.91 Å². The zero-order valence-corrected chi connectivity index (χ0v) is 19.7. The van der Waals surface area contributed by atoms with Gasteiger partial charge >= 0.3 is 0 Å². The topological polar surface area (TPSA) is 119 Å². The summed E-state index contributed by atoms with van der Waals surface area (Å²) in [6, 6.07) is 6.88. The molecule has 1 fully saturated rings. The molecule has 1 aromatic rings. The van der Waals surface area contributed by atoms with Crippen LogP contribution in [0.15, 0.2) is 35.2 Å². The monoisotopic (exact) mass is 466 g/mol. The smallest absolute Gasteiger partial charge is 0.287 e. The summed E-state index contributed by atoms with van der Waals surface area (Å²) in [6.45, 7) is 5.21. The number of rotatable bonds is 8. The van der Waals surface area contributed by atoms with Gasteiger partial charge < -0.3 is 10.1 Å². The standard InChI is InChI=1S/C23H34N2O6S/c1-17(2)15-20(25-32(29,30)19-10-4-3-5-11-19)21(26)16-18-9-6-7-13-31-14-8-12-24-23(28)22(18)27/h3-5,10-11,17-18,20,25H,6-9,12-16H2,1-2H3,(H,24,28). The molecule has 0 radical (unpaired) electrons. The van der Waals surface area contributed by atoms with Crippen LogP contribution in [-0.2, 0) is 29.1 Å². The average Bonchev–Trinajstić information content (AvgIpc) is 2.75. The summed E-state index contributed by atoms with van der Waals surface area (Å²) in [5, 5.41) is 2.58. The van der Waals surface area contributed by atoms with Crippen LogP contribution >= 0.6 is 0 Å². The molecule has 0 bridgehead atoms. The summed E-state index contributed by atoms with van der Waals surface area (Å²) in [6.07, 6.45) is 2.48. The van der Waals surface area contributed by atoms with Crippen molar-refractivity contribution in [2.45, 2.75) is 63.3 Å². The molecule has 9 heteroatoms. The zero-order chi connectivity index (χ0) is 23.6. The lowest BCUT2D eigenvalue weighted by Gasteiger charge is -2.22. The fraction of sp³-hybridized carbons (Fsp3) is 0.609. The van der Waals surface area contributed by atoms with Gasteiger partial charge in [0.05, 0.1) is 10.9 Å². The van der Waals surface area contributed by atoms with Crippen LogP contribution < -0.4 is 10.0 Å². The van der Waals surface area contributed by atoms with Crippen LogP contribution in [-0.4, -0.2) is 51.7 Å². The number of carbonyl (C=O) groups is 3. The molecule has 1 aromatic carbocycles. The lowest BCUT2D eigenvalue weighted by atomic mass is 9.88. The summed E-state index contributed by atoms with van der Waals surface area (Å²) in [5.41, 5.74) is 0. The van der Waals surface area contributed by atoms with E-state index in [9.17, 15) is 22.8 Å². The second-order valence-electron chi connectivity index (χ2n) is 8.57. The van der Waals surface area contributed by atoms with Gasteiger partial charge in [-0.25, -0.2) is 13.1 Å². The first-order valence-electron chi connectivity index (χ1n) is 11.2. The number of ether oxygens (including phenoxy) is 1. The molecule has 2 N–H and O–H groups in total. The Morgan fingerprint density at radius 1 is 1.12 bits per heavy atom. The maximum Gasteiger partial charge on any atom is 0.287 e. The van der Waals surface area contributed by atoms with Gasteiger partial charge in [-0.15, -0.1) is 0 Å². The zero-order valence-electron chi connectivity index (χ0n) is 18.8. The Bertz CT molecular complexity index is 870. The van der Waals surface area contributed by atoms with Crippen LogP contribution in [0.4, 0.5) is 0 Å². The Kier molecular flexibility index (Phi) is 10.5. The van der Waals surface area contributed by atoms with Crippen molar-refractivity contribution in [1.29, 1.82) is 0 Å². The summed E-state index contributed by atoms with van der Waals surface area (Å²) in [4.78, 5) is 38.2. The second kappa shape index (κ2) is 12.8. The van der Waals surface area contributed by atoms with Crippen LogP contribution in [0.1, 0.15) is 52.4 Å². The number of Topliss-reactive ketones (excluding diaryl/α,β-unsaturated/α-hetero) is 2. The van der Waals surface area contributed by atoms with Crippen molar-refractivity contribution >= 4 is 27.5 Å². The Morgan fingerprint density at radius 3 is 2.50 bits per heavy atom. The van der Waals surface area contributed by atoms with Crippen LogP contribution in [0.25, 0.3) is 0 Å². The molecule has 1 saturated heterocycles. The first-order chi connectivity index (χ1) is 15.2. The molecule has 1 aliphatic heterocycles. The highest BCUT2D eigenvalue weighted by molar-refractivity contribution is 7.89. The number of hydrogen-bond acceptors (Lipinski definition) is 6. The molecular formula is C23H34N2O6S. The molecule has 0 aromatic heterocycles. The minimum Gasteiger partial charge on any atom is -0.381 e. The molecule has 2 atom stereocenters. The average molecular weight is 467 g/mol. The molecule has 2 unspecified atom stereocenters. The summed E-state index contributed by atoms with van der Waals surface area (Å²) >= 11 is 0. The number of carbonyl (C=O) groups excluding carboxylic acids is 3. The van der Waals surface area contributed by atoms with E-state index in [-0.39, 0.29) is 23.0 Å².